The maximum Gasteiger partial charge on any atom is 0.328 e. The Balaban J connectivity index is 1.43. The van der Waals surface area contributed by atoms with Crippen molar-refractivity contribution in [3.8, 4) is 0 Å². The molecule has 4 rings (SSSR count). The molecule has 0 bridgehead atoms. The highest BCUT2D eigenvalue weighted by Crippen LogP contribution is 2.31. The van der Waals surface area contributed by atoms with Crippen molar-refractivity contribution in [1.29, 1.82) is 0 Å². The number of nitrogens with one attached hydrogen (secondary N) is 1. The predicted octanol–water partition coefficient (Wildman–Crippen LogP) is 0.526. The van der Waals surface area contributed by atoms with Crippen molar-refractivity contribution in [3.05, 3.63) is 68.0 Å². The molecule has 178 valence electrons. The molecule has 0 saturated carbocycles. The van der Waals surface area contributed by atoms with Crippen LogP contribution in [0, 0.1) is 6.92 Å². The highest BCUT2D eigenvalue weighted by Gasteiger charge is 2.41. The van der Waals surface area contributed by atoms with Gasteiger partial charge in [-0.15, -0.1) is 0 Å². The van der Waals surface area contributed by atoms with Crippen molar-refractivity contribution in [3.63, 3.8) is 0 Å². The zero-order valence-electron chi connectivity index (χ0n) is 19.2. The molecular weight excluding hydrogens is 424 g/mol. The third-order valence-corrected chi connectivity index (χ3v) is 6.80. The first-order valence-electron chi connectivity index (χ1n) is 11.4. The molecule has 1 fully saturated rings. The van der Waals surface area contributed by atoms with E-state index >= 15 is 0 Å². The average Bonchev–Trinajstić information content (AvgIpc) is 3.10. The number of amides is 1. The molecule has 0 unspecified atom stereocenters. The zero-order chi connectivity index (χ0) is 23.8. The van der Waals surface area contributed by atoms with Gasteiger partial charge in [-0.2, -0.15) is 0 Å². The normalized spacial score (nSPS) is 25.6. The number of carbonyl (C=O) groups excluding carboxylic acids is 1. The number of hydrogen-bond acceptors (Lipinski definition) is 6. The number of aliphatic hydroxyl groups is 2. The molecule has 1 saturated heterocycles. The topological polar surface area (TPSA) is 119 Å². The first-order chi connectivity index (χ1) is 15.6. The van der Waals surface area contributed by atoms with Gasteiger partial charge < -0.3 is 15.1 Å². The third kappa shape index (κ3) is 5.10. The van der Waals surface area contributed by atoms with Crippen LogP contribution in [0.2, 0.25) is 0 Å². The average molecular weight is 457 g/mol. The molecule has 2 aromatic rings. The van der Waals surface area contributed by atoms with Crippen LogP contribution in [0.25, 0.3) is 0 Å². The van der Waals surface area contributed by atoms with Gasteiger partial charge in [-0.25, -0.2) is 4.79 Å². The summed E-state index contributed by atoms with van der Waals surface area (Å²) in [7, 11) is 0. The number of benzene rings is 1. The van der Waals surface area contributed by atoms with E-state index in [1.54, 1.807) is 13.8 Å². The summed E-state index contributed by atoms with van der Waals surface area (Å²) in [6, 6.07) is 7.54. The van der Waals surface area contributed by atoms with Crippen molar-refractivity contribution in [1.82, 2.24) is 19.4 Å². The molecule has 2 aliphatic rings. The molecule has 9 heteroatoms. The minimum absolute atomic E-state index is 0.0120. The highest BCUT2D eigenvalue weighted by molar-refractivity contribution is 5.76. The molecule has 33 heavy (non-hydrogen) atoms. The summed E-state index contributed by atoms with van der Waals surface area (Å²) in [4.78, 5) is 43.4. The second-order valence-corrected chi connectivity index (χ2v) is 9.59. The number of β-amino-alcohol motifs (C(OH)–C–C–N with tert-alkyl or cyclic N) is 1. The number of likely N-dealkylation sites (tertiary alicyclic amines) is 1. The number of fused-ring (bicyclic) bond motifs is 1. The van der Waals surface area contributed by atoms with Gasteiger partial charge in [0.15, 0.2) is 0 Å². The van der Waals surface area contributed by atoms with E-state index in [9.17, 15) is 24.6 Å². The lowest BCUT2D eigenvalue weighted by atomic mass is 9.91. The second-order valence-electron chi connectivity index (χ2n) is 9.59. The van der Waals surface area contributed by atoms with Crippen LogP contribution < -0.4 is 11.2 Å². The minimum Gasteiger partial charge on any atom is -0.391 e. The monoisotopic (exact) mass is 456 g/mol. The molecule has 1 aromatic heterocycles. The summed E-state index contributed by atoms with van der Waals surface area (Å²) in [6.45, 7) is 5.84. The first-order valence-corrected chi connectivity index (χ1v) is 11.4. The maximum atomic E-state index is 13.1. The van der Waals surface area contributed by atoms with Gasteiger partial charge in [0.25, 0.3) is 5.56 Å². The fourth-order valence-corrected chi connectivity index (χ4v) is 4.99. The summed E-state index contributed by atoms with van der Waals surface area (Å²) in [6.07, 6.45) is 1.50. The molecule has 3 N–H and O–H groups in total. The second kappa shape index (κ2) is 9.24. The first kappa shape index (κ1) is 23.4. The molecule has 3 atom stereocenters. The molecule has 0 radical (unpaired) electrons. The number of aromatic amines is 1. The van der Waals surface area contributed by atoms with Crippen LogP contribution in [0.15, 0.2) is 40.1 Å². The Labute approximate surface area is 192 Å². The Morgan fingerprint density at radius 3 is 2.52 bits per heavy atom. The zero-order valence-corrected chi connectivity index (χ0v) is 19.2. The van der Waals surface area contributed by atoms with Gasteiger partial charge in [0, 0.05) is 50.8 Å². The molecule has 1 aromatic carbocycles. The van der Waals surface area contributed by atoms with Gasteiger partial charge in [0.2, 0.25) is 5.91 Å². The number of aromatic nitrogens is 2. The molecule has 1 amide bonds. The standard InChI is InChI=1S/C24H32N4O5/c1-16-11-28(23(32)25-22(16)31)20-15-27(14-19(29)10-24(20,2)33)21(30)8-5-9-26-12-17-6-3-4-7-18(17)13-26/h3-4,6-7,11,19-20,29,33H,5,8-10,12-15H2,1-2H3,(H,25,31,32)/t19-,20+,24+/m1/s1. The van der Waals surface area contributed by atoms with Crippen LogP contribution in [-0.2, 0) is 17.9 Å². The molecule has 0 aliphatic carbocycles. The number of aliphatic hydroxyl groups excluding tert-OH is 1. The number of carbonyl (C=O) groups is 1. The van der Waals surface area contributed by atoms with Crippen LogP contribution in [0.1, 0.15) is 48.9 Å². The van der Waals surface area contributed by atoms with Gasteiger partial charge in [-0.05, 0) is 37.9 Å². The third-order valence-electron chi connectivity index (χ3n) is 6.80. The van der Waals surface area contributed by atoms with E-state index in [1.807, 2.05) is 12.1 Å². The van der Waals surface area contributed by atoms with Gasteiger partial charge in [-0.3, -0.25) is 24.0 Å². The van der Waals surface area contributed by atoms with E-state index in [2.05, 4.69) is 22.0 Å². The Morgan fingerprint density at radius 1 is 1.18 bits per heavy atom. The lowest BCUT2D eigenvalue weighted by Gasteiger charge is -2.34. The van der Waals surface area contributed by atoms with Crippen LogP contribution in [-0.4, -0.2) is 66.8 Å². The number of hydrogen-bond donors (Lipinski definition) is 3. The van der Waals surface area contributed by atoms with E-state index in [1.165, 1.54) is 26.8 Å². The van der Waals surface area contributed by atoms with Crippen molar-refractivity contribution in [2.24, 2.45) is 0 Å². The van der Waals surface area contributed by atoms with Crippen molar-refractivity contribution < 1.29 is 15.0 Å². The SMILES string of the molecule is Cc1cn([C@H]2CN(C(=O)CCCN3Cc4ccccc4C3)C[C@H](O)C[C@]2(C)O)c(=O)[nH]c1=O. The Morgan fingerprint density at radius 2 is 1.85 bits per heavy atom. The molecule has 0 spiro atoms. The molecule has 3 heterocycles. The van der Waals surface area contributed by atoms with Crippen molar-refractivity contribution in [2.75, 3.05) is 19.6 Å². The Hall–Kier alpha value is -2.75. The Bertz CT molecular complexity index is 1110. The summed E-state index contributed by atoms with van der Waals surface area (Å²) in [5, 5.41) is 21.5. The van der Waals surface area contributed by atoms with E-state index < -0.39 is 29.0 Å². The Kier molecular flexibility index (Phi) is 6.56. The molecular formula is C24H32N4O5. The fraction of sp³-hybridized carbons (Fsp3) is 0.542. The van der Waals surface area contributed by atoms with E-state index in [4.69, 9.17) is 0 Å². The number of nitrogens with zero attached hydrogens (tertiary/aromatic N) is 3. The van der Waals surface area contributed by atoms with Crippen molar-refractivity contribution in [2.45, 2.75) is 63.9 Å². The lowest BCUT2D eigenvalue weighted by molar-refractivity contribution is -0.133. The van der Waals surface area contributed by atoms with Crippen LogP contribution in [0.5, 0.6) is 0 Å². The summed E-state index contributed by atoms with van der Waals surface area (Å²) < 4.78 is 1.27. The van der Waals surface area contributed by atoms with Gasteiger partial charge in [0.1, 0.15) is 0 Å². The smallest absolute Gasteiger partial charge is 0.328 e. The van der Waals surface area contributed by atoms with Crippen molar-refractivity contribution >= 4 is 5.91 Å². The maximum absolute atomic E-state index is 13.1. The van der Waals surface area contributed by atoms with Crippen LogP contribution >= 0.6 is 0 Å². The van der Waals surface area contributed by atoms with Gasteiger partial charge in [-0.1, -0.05) is 24.3 Å². The predicted molar refractivity (Wildman–Crippen MR) is 123 cm³/mol. The largest absolute Gasteiger partial charge is 0.391 e. The molecule has 2 aliphatic heterocycles. The van der Waals surface area contributed by atoms with Gasteiger partial charge >= 0.3 is 5.69 Å². The van der Waals surface area contributed by atoms with E-state index in [-0.39, 0.29) is 25.4 Å². The number of aryl methyl sites for hydroxylation is 1. The molecule has 9 nitrogen and oxygen atoms in total. The summed E-state index contributed by atoms with van der Waals surface area (Å²) >= 11 is 0. The van der Waals surface area contributed by atoms with E-state index in [0.29, 0.717) is 18.4 Å². The van der Waals surface area contributed by atoms with Crippen LogP contribution in [0.4, 0.5) is 0 Å². The summed E-state index contributed by atoms with van der Waals surface area (Å²) in [5.74, 6) is -0.123. The van der Waals surface area contributed by atoms with E-state index in [0.717, 1.165) is 19.6 Å². The van der Waals surface area contributed by atoms with Gasteiger partial charge in [0.05, 0.1) is 17.7 Å². The number of H-pyrrole nitrogens is 1. The minimum atomic E-state index is -1.44. The fourth-order valence-electron chi connectivity index (χ4n) is 4.99. The summed E-state index contributed by atoms with van der Waals surface area (Å²) in [5.41, 5.74) is 0.413. The number of rotatable bonds is 5. The quantitative estimate of drug-likeness (QED) is 0.604. The highest BCUT2D eigenvalue weighted by atomic mass is 16.3. The van der Waals surface area contributed by atoms with Crippen LogP contribution in [0.3, 0.4) is 0 Å². The lowest BCUT2D eigenvalue weighted by Crippen LogP contribution is -2.47.